The molecule has 1 N–H and O–H groups in total. The predicted molar refractivity (Wildman–Crippen MR) is 100 cm³/mol. The predicted octanol–water partition coefficient (Wildman–Crippen LogP) is 4.68. The van der Waals surface area contributed by atoms with Crippen LogP contribution in [0.2, 0.25) is 0 Å². The molecule has 1 aromatic heterocycles. The van der Waals surface area contributed by atoms with Gasteiger partial charge in [-0.1, -0.05) is 13.0 Å². The quantitative estimate of drug-likeness (QED) is 0.355. The number of nitrogens with zero attached hydrogens (tertiary/aromatic N) is 1. The van der Waals surface area contributed by atoms with Gasteiger partial charge >= 0.3 is 0 Å². The van der Waals surface area contributed by atoms with Crippen LogP contribution in [0.5, 0.6) is 5.75 Å². The number of ether oxygens (including phenoxy) is 1. The molecule has 0 aliphatic rings. The van der Waals surface area contributed by atoms with Gasteiger partial charge in [0.1, 0.15) is 11.5 Å². The molecule has 0 bridgehead atoms. The number of furan rings is 1. The summed E-state index contributed by atoms with van der Waals surface area (Å²) in [6.07, 6.45) is 3.37. The summed E-state index contributed by atoms with van der Waals surface area (Å²) in [5, 5.41) is 3.84. The van der Waals surface area contributed by atoms with Crippen LogP contribution >= 0.6 is 31.9 Å². The Morgan fingerprint density at radius 2 is 2.17 bits per heavy atom. The molecule has 1 heterocycles. The van der Waals surface area contributed by atoms with Crippen LogP contribution in [0.1, 0.15) is 31.1 Å². The number of amides is 1. The number of carbonyl (C=O) groups excluding carboxylic acids is 1. The third kappa shape index (κ3) is 6.13. The minimum atomic E-state index is -0.166. The molecular formula is C17H18Br2N2O3. The average Bonchev–Trinajstić information content (AvgIpc) is 2.98. The highest BCUT2D eigenvalue weighted by Gasteiger charge is 2.04. The van der Waals surface area contributed by atoms with E-state index in [0.717, 1.165) is 16.6 Å². The van der Waals surface area contributed by atoms with E-state index >= 15 is 0 Å². The number of carbonyl (C=O) groups is 1. The van der Waals surface area contributed by atoms with E-state index in [1.807, 2.05) is 18.2 Å². The van der Waals surface area contributed by atoms with Crippen LogP contribution in [0.4, 0.5) is 0 Å². The van der Waals surface area contributed by atoms with Crippen molar-refractivity contribution in [1.82, 2.24) is 5.43 Å². The standard InChI is InChI=1S/C17H18Br2N2O3/c1-2-12-5-7-15(14(18)10-12)23-9-3-4-17(22)21-20-11-13-6-8-16(19)24-13/h5-8,10-11H,2-4,9H2,1H3,(H,21,22)/b20-11+. The summed E-state index contributed by atoms with van der Waals surface area (Å²) in [6.45, 7) is 2.57. The van der Waals surface area contributed by atoms with E-state index in [2.05, 4.69) is 49.3 Å². The lowest BCUT2D eigenvalue weighted by molar-refractivity contribution is -0.121. The van der Waals surface area contributed by atoms with Crippen molar-refractivity contribution in [2.45, 2.75) is 26.2 Å². The summed E-state index contributed by atoms with van der Waals surface area (Å²) in [4.78, 5) is 11.7. The first-order valence-electron chi connectivity index (χ1n) is 7.57. The number of benzene rings is 1. The zero-order valence-electron chi connectivity index (χ0n) is 13.2. The van der Waals surface area contributed by atoms with E-state index in [-0.39, 0.29) is 5.91 Å². The molecule has 0 radical (unpaired) electrons. The van der Waals surface area contributed by atoms with Crippen LogP contribution in [-0.4, -0.2) is 18.7 Å². The fourth-order valence-corrected chi connectivity index (χ4v) is 2.78. The number of hydrogen-bond donors (Lipinski definition) is 1. The molecule has 0 aliphatic heterocycles. The lowest BCUT2D eigenvalue weighted by atomic mass is 10.2. The van der Waals surface area contributed by atoms with Crippen molar-refractivity contribution in [2.75, 3.05) is 6.61 Å². The van der Waals surface area contributed by atoms with Crippen LogP contribution in [-0.2, 0) is 11.2 Å². The van der Waals surface area contributed by atoms with Gasteiger partial charge in [-0.2, -0.15) is 5.10 Å². The van der Waals surface area contributed by atoms with Crippen molar-refractivity contribution >= 4 is 44.0 Å². The van der Waals surface area contributed by atoms with Gasteiger partial charge in [-0.05, 0) is 74.5 Å². The SMILES string of the molecule is CCc1ccc(OCCCC(=O)N/N=C/c2ccc(Br)o2)c(Br)c1. The summed E-state index contributed by atoms with van der Waals surface area (Å²) in [5.41, 5.74) is 3.70. The number of nitrogens with one attached hydrogen (secondary N) is 1. The van der Waals surface area contributed by atoms with Crippen LogP contribution in [0.15, 0.2) is 49.0 Å². The van der Waals surface area contributed by atoms with Crippen molar-refractivity contribution in [2.24, 2.45) is 5.10 Å². The van der Waals surface area contributed by atoms with Gasteiger partial charge in [-0.25, -0.2) is 5.43 Å². The van der Waals surface area contributed by atoms with Crippen molar-refractivity contribution in [3.8, 4) is 5.75 Å². The van der Waals surface area contributed by atoms with Crippen LogP contribution in [0.3, 0.4) is 0 Å². The second-order valence-corrected chi connectivity index (χ2v) is 6.64. The molecule has 7 heteroatoms. The largest absolute Gasteiger partial charge is 0.492 e. The monoisotopic (exact) mass is 456 g/mol. The Labute approximate surface area is 157 Å². The second-order valence-electron chi connectivity index (χ2n) is 5.01. The van der Waals surface area contributed by atoms with Gasteiger partial charge in [0.25, 0.3) is 0 Å². The number of rotatable bonds is 8. The first-order valence-corrected chi connectivity index (χ1v) is 9.15. The van der Waals surface area contributed by atoms with Gasteiger partial charge in [-0.3, -0.25) is 4.79 Å². The normalized spacial score (nSPS) is 11.0. The summed E-state index contributed by atoms with van der Waals surface area (Å²) >= 11 is 6.69. The molecule has 2 rings (SSSR count). The summed E-state index contributed by atoms with van der Waals surface area (Å²) in [6, 6.07) is 9.52. The Morgan fingerprint density at radius 3 is 2.83 bits per heavy atom. The fraction of sp³-hybridized carbons (Fsp3) is 0.294. The molecule has 128 valence electrons. The maximum absolute atomic E-state index is 11.7. The summed E-state index contributed by atoms with van der Waals surface area (Å²) in [7, 11) is 0. The molecule has 5 nitrogen and oxygen atoms in total. The highest BCUT2D eigenvalue weighted by Crippen LogP contribution is 2.26. The van der Waals surface area contributed by atoms with E-state index < -0.39 is 0 Å². The topological polar surface area (TPSA) is 63.8 Å². The number of hydrogen-bond acceptors (Lipinski definition) is 4. The number of halogens is 2. The fourth-order valence-electron chi connectivity index (χ4n) is 1.92. The van der Waals surface area contributed by atoms with Gasteiger partial charge in [-0.15, -0.1) is 0 Å². The van der Waals surface area contributed by atoms with Gasteiger partial charge in [0, 0.05) is 6.42 Å². The second kappa shape index (κ2) is 9.64. The third-order valence-corrected chi connectivity index (χ3v) is 4.23. The van der Waals surface area contributed by atoms with E-state index in [9.17, 15) is 4.79 Å². The van der Waals surface area contributed by atoms with E-state index in [1.165, 1.54) is 11.8 Å². The van der Waals surface area contributed by atoms with E-state index in [1.54, 1.807) is 12.1 Å². The molecule has 2 aromatic rings. The van der Waals surface area contributed by atoms with Crippen LogP contribution < -0.4 is 10.2 Å². The molecule has 0 fully saturated rings. The molecule has 0 spiro atoms. The van der Waals surface area contributed by atoms with E-state index in [4.69, 9.17) is 9.15 Å². The van der Waals surface area contributed by atoms with Crippen molar-refractivity contribution in [1.29, 1.82) is 0 Å². The minimum Gasteiger partial charge on any atom is -0.492 e. The maximum Gasteiger partial charge on any atom is 0.240 e. The molecule has 24 heavy (non-hydrogen) atoms. The minimum absolute atomic E-state index is 0.166. The highest BCUT2D eigenvalue weighted by atomic mass is 79.9. The zero-order chi connectivity index (χ0) is 17.4. The Bertz CT molecular complexity index is 714. The Morgan fingerprint density at radius 1 is 1.33 bits per heavy atom. The van der Waals surface area contributed by atoms with Crippen LogP contribution in [0, 0.1) is 0 Å². The molecular weight excluding hydrogens is 440 g/mol. The first kappa shape index (κ1) is 18.7. The first-order chi connectivity index (χ1) is 11.6. The van der Waals surface area contributed by atoms with Gasteiger partial charge in [0.05, 0.1) is 17.3 Å². The summed E-state index contributed by atoms with van der Waals surface area (Å²) < 4.78 is 12.5. The molecule has 0 atom stereocenters. The molecule has 0 saturated carbocycles. The van der Waals surface area contributed by atoms with E-state index in [0.29, 0.717) is 29.9 Å². The smallest absolute Gasteiger partial charge is 0.240 e. The molecule has 0 unspecified atom stereocenters. The lowest BCUT2D eigenvalue weighted by Crippen LogP contribution is -2.18. The molecule has 0 saturated heterocycles. The third-order valence-electron chi connectivity index (χ3n) is 3.19. The zero-order valence-corrected chi connectivity index (χ0v) is 16.4. The van der Waals surface area contributed by atoms with Gasteiger partial charge < -0.3 is 9.15 Å². The Balaban J connectivity index is 1.66. The average molecular weight is 458 g/mol. The van der Waals surface area contributed by atoms with Crippen molar-refractivity contribution in [3.05, 3.63) is 50.8 Å². The molecule has 1 aromatic carbocycles. The highest BCUT2D eigenvalue weighted by molar-refractivity contribution is 9.10. The molecule has 1 amide bonds. The van der Waals surface area contributed by atoms with Gasteiger partial charge in [0.2, 0.25) is 5.91 Å². The number of aryl methyl sites for hydroxylation is 1. The van der Waals surface area contributed by atoms with Gasteiger partial charge in [0.15, 0.2) is 4.67 Å². The Hall–Kier alpha value is -1.60. The Kier molecular flexibility index (Phi) is 7.52. The molecule has 0 aliphatic carbocycles. The summed E-state index contributed by atoms with van der Waals surface area (Å²) in [5.74, 6) is 1.18. The lowest BCUT2D eigenvalue weighted by Gasteiger charge is -2.09. The number of hydrazone groups is 1. The maximum atomic E-state index is 11.7. The van der Waals surface area contributed by atoms with Crippen molar-refractivity contribution < 1.29 is 13.9 Å². The van der Waals surface area contributed by atoms with Crippen molar-refractivity contribution in [3.63, 3.8) is 0 Å². The van der Waals surface area contributed by atoms with Crippen LogP contribution in [0.25, 0.3) is 0 Å².